The molecular formula is C31H25Cl2IN2O5S. The van der Waals surface area contributed by atoms with E-state index in [0.717, 1.165) is 14.7 Å². The minimum Gasteiger partial charge on any atom is -0.493 e. The number of esters is 1. The second kappa shape index (κ2) is 13.0. The molecule has 0 saturated carbocycles. The molecule has 0 bridgehead atoms. The molecule has 5 rings (SSSR count). The zero-order chi connectivity index (χ0) is 30.0. The molecule has 3 aromatic carbocycles. The van der Waals surface area contributed by atoms with Crippen LogP contribution in [-0.2, 0) is 16.1 Å². The summed E-state index contributed by atoms with van der Waals surface area (Å²) in [7, 11) is 1.56. The number of thiazole rings is 1. The first-order chi connectivity index (χ1) is 20.2. The number of rotatable bonds is 8. The van der Waals surface area contributed by atoms with Crippen LogP contribution in [0.2, 0.25) is 10.0 Å². The van der Waals surface area contributed by atoms with Crippen molar-refractivity contribution in [3.63, 3.8) is 0 Å². The van der Waals surface area contributed by atoms with E-state index in [1.54, 1.807) is 45.2 Å². The number of carbonyl (C=O) groups is 1. The van der Waals surface area contributed by atoms with Crippen molar-refractivity contribution in [2.24, 2.45) is 4.99 Å². The van der Waals surface area contributed by atoms with E-state index in [1.807, 2.05) is 42.5 Å². The number of hydrogen-bond donors (Lipinski definition) is 0. The summed E-state index contributed by atoms with van der Waals surface area (Å²) in [6, 6.07) is 17.6. The second-order valence-electron chi connectivity index (χ2n) is 9.24. The van der Waals surface area contributed by atoms with Gasteiger partial charge < -0.3 is 14.2 Å². The van der Waals surface area contributed by atoms with Gasteiger partial charge in [-0.3, -0.25) is 9.36 Å². The Bertz CT molecular complexity index is 1900. The lowest BCUT2D eigenvalue weighted by Crippen LogP contribution is -2.40. The molecule has 0 saturated heterocycles. The molecule has 0 aliphatic carbocycles. The van der Waals surface area contributed by atoms with Crippen LogP contribution in [0.1, 0.15) is 36.6 Å². The van der Waals surface area contributed by atoms with E-state index in [2.05, 4.69) is 27.6 Å². The SMILES string of the molecule is CCOC(=O)C1=C(C)N=c2s/c(=C\c3cc(I)c(OCc4ccccc4Cl)c(OC)c3)c(=O)n2[C@@H]1c1ccccc1Cl. The molecule has 1 aliphatic heterocycles. The van der Waals surface area contributed by atoms with Crippen LogP contribution in [0.5, 0.6) is 11.5 Å². The number of carbonyl (C=O) groups excluding carboxylic acids is 1. The fourth-order valence-corrected chi connectivity index (χ4v) is 6.92. The molecule has 42 heavy (non-hydrogen) atoms. The van der Waals surface area contributed by atoms with E-state index in [0.29, 0.717) is 42.1 Å². The van der Waals surface area contributed by atoms with E-state index in [1.165, 1.54) is 15.9 Å². The average molecular weight is 735 g/mol. The zero-order valence-electron chi connectivity index (χ0n) is 22.8. The Morgan fingerprint density at radius 2 is 1.83 bits per heavy atom. The lowest BCUT2D eigenvalue weighted by Gasteiger charge is -2.25. The van der Waals surface area contributed by atoms with Crippen molar-refractivity contribution in [1.29, 1.82) is 0 Å². The first-order valence-electron chi connectivity index (χ1n) is 12.9. The van der Waals surface area contributed by atoms with Gasteiger partial charge in [0.25, 0.3) is 5.56 Å². The summed E-state index contributed by atoms with van der Waals surface area (Å²) in [4.78, 5) is 32.1. The number of halogens is 3. The van der Waals surface area contributed by atoms with Gasteiger partial charge in [0, 0.05) is 15.6 Å². The molecule has 0 amide bonds. The van der Waals surface area contributed by atoms with Gasteiger partial charge in [0.1, 0.15) is 12.6 Å². The molecular weight excluding hydrogens is 710 g/mol. The fourth-order valence-electron chi connectivity index (χ4n) is 4.66. The summed E-state index contributed by atoms with van der Waals surface area (Å²) < 4.78 is 19.8. The van der Waals surface area contributed by atoms with Crippen LogP contribution in [0.3, 0.4) is 0 Å². The average Bonchev–Trinajstić information content (AvgIpc) is 3.26. The maximum atomic E-state index is 13.9. The summed E-state index contributed by atoms with van der Waals surface area (Å²) in [5, 5.41) is 1.05. The Hall–Kier alpha value is -3.12. The van der Waals surface area contributed by atoms with Gasteiger partial charge in [0.2, 0.25) is 0 Å². The molecule has 0 radical (unpaired) electrons. The zero-order valence-corrected chi connectivity index (χ0v) is 27.3. The Labute approximate surface area is 269 Å². The lowest BCUT2D eigenvalue weighted by molar-refractivity contribution is -0.139. The second-order valence-corrected chi connectivity index (χ2v) is 12.2. The topological polar surface area (TPSA) is 79.1 Å². The molecule has 4 aromatic rings. The molecule has 1 aromatic heterocycles. The number of allylic oxidation sites excluding steroid dienone is 1. The third-order valence-electron chi connectivity index (χ3n) is 6.60. The van der Waals surface area contributed by atoms with E-state index >= 15 is 0 Å². The molecule has 1 atom stereocenters. The van der Waals surface area contributed by atoms with Crippen LogP contribution in [0.4, 0.5) is 0 Å². The summed E-state index contributed by atoms with van der Waals surface area (Å²) in [5.74, 6) is 0.553. The van der Waals surface area contributed by atoms with Crippen LogP contribution >= 0.6 is 57.1 Å². The van der Waals surface area contributed by atoms with Crippen LogP contribution in [0, 0.1) is 3.57 Å². The van der Waals surface area contributed by atoms with Gasteiger partial charge >= 0.3 is 5.97 Å². The molecule has 0 spiro atoms. The van der Waals surface area contributed by atoms with Gasteiger partial charge in [0.15, 0.2) is 16.3 Å². The number of aromatic nitrogens is 1. The summed E-state index contributed by atoms with van der Waals surface area (Å²) in [6.45, 7) is 3.93. The van der Waals surface area contributed by atoms with Gasteiger partial charge in [0.05, 0.1) is 33.1 Å². The van der Waals surface area contributed by atoms with Crippen molar-refractivity contribution in [1.82, 2.24) is 4.57 Å². The summed E-state index contributed by atoms with van der Waals surface area (Å²) in [5.41, 5.74) is 2.66. The number of ether oxygens (including phenoxy) is 3. The smallest absolute Gasteiger partial charge is 0.338 e. The van der Waals surface area contributed by atoms with Gasteiger partial charge in [-0.05, 0) is 77.9 Å². The quantitative estimate of drug-likeness (QED) is 0.157. The van der Waals surface area contributed by atoms with Gasteiger partial charge in [-0.2, -0.15) is 0 Å². The normalized spacial score (nSPS) is 14.8. The minimum atomic E-state index is -0.786. The van der Waals surface area contributed by atoms with Crippen molar-refractivity contribution in [3.8, 4) is 11.5 Å². The van der Waals surface area contributed by atoms with Crippen LogP contribution in [0.15, 0.2) is 81.7 Å². The largest absolute Gasteiger partial charge is 0.493 e. The Kier molecular flexibility index (Phi) is 9.41. The highest BCUT2D eigenvalue weighted by Gasteiger charge is 2.34. The van der Waals surface area contributed by atoms with Gasteiger partial charge in [-0.25, -0.2) is 9.79 Å². The number of hydrogen-bond acceptors (Lipinski definition) is 7. The highest BCUT2D eigenvalue weighted by molar-refractivity contribution is 14.1. The first-order valence-corrected chi connectivity index (χ1v) is 15.6. The predicted molar refractivity (Wildman–Crippen MR) is 173 cm³/mol. The maximum absolute atomic E-state index is 13.9. The predicted octanol–water partition coefficient (Wildman–Crippen LogP) is 6.30. The van der Waals surface area contributed by atoms with Crippen molar-refractivity contribution < 1.29 is 19.0 Å². The number of benzene rings is 3. The molecule has 0 fully saturated rings. The van der Waals surface area contributed by atoms with Crippen molar-refractivity contribution in [2.75, 3.05) is 13.7 Å². The molecule has 1 aliphatic rings. The maximum Gasteiger partial charge on any atom is 0.338 e. The van der Waals surface area contributed by atoms with Gasteiger partial charge in [-0.15, -0.1) is 0 Å². The van der Waals surface area contributed by atoms with Crippen molar-refractivity contribution in [3.05, 3.63) is 122 Å². The Balaban J connectivity index is 1.59. The molecule has 2 heterocycles. The minimum absolute atomic E-state index is 0.188. The standard InChI is InChI=1S/C31H25Cl2IN2O5S/c1-4-40-30(38)26-17(2)35-31-36(27(26)20-10-6-8-12-22(20)33)29(37)25(42-31)15-18-13-23(34)28(24(14-18)39-3)41-16-19-9-5-7-11-21(19)32/h5-15,27H,4,16H2,1-3H3/b25-15-/t27-/m1/s1. The van der Waals surface area contributed by atoms with Crippen LogP contribution in [-0.4, -0.2) is 24.3 Å². The van der Waals surface area contributed by atoms with E-state index in [-0.39, 0.29) is 24.3 Å². The Morgan fingerprint density at radius 3 is 2.52 bits per heavy atom. The molecule has 216 valence electrons. The third kappa shape index (κ3) is 6.01. The number of fused-ring (bicyclic) bond motifs is 1. The monoisotopic (exact) mass is 734 g/mol. The molecule has 0 unspecified atom stereocenters. The molecule has 7 nitrogen and oxygen atoms in total. The van der Waals surface area contributed by atoms with Crippen molar-refractivity contribution in [2.45, 2.75) is 26.5 Å². The molecule has 0 N–H and O–H groups in total. The van der Waals surface area contributed by atoms with Crippen molar-refractivity contribution >= 4 is 69.2 Å². The number of methoxy groups -OCH3 is 1. The van der Waals surface area contributed by atoms with E-state index in [9.17, 15) is 9.59 Å². The fraction of sp³-hybridized carbons (Fsp3) is 0.194. The highest BCUT2D eigenvalue weighted by atomic mass is 127. The van der Waals surface area contributed by atoms with E-state index in [4.69, 9.17) is 37.4 Å². The third-order valence-corrected chi connectivity index (χ3v) is 9.09. The lowest BCUT2D eigenvalue weighted by atomic mass is 9.96. The molecule has 11 heteroatoms. The first kappa shape index (κ1) is 30.3. The highest BCUT2D eigenvalue weighted by Crippen LogP contribution is 2.36. The van der Waals surface area contributed by atoms with Gasteiger partial charge in [-0.1, -0.05) is 70.9 Å². The van der Waals surface area contributed by atoms with E-state index < -0.39 is 12.0 Å². The van der Waals surface area contributed by atoms with Crippen LogP contribution < -0.4 is 24.4 Å². The van der Waals surface area contributed by atoms with Crippen LogP contribution in [0.25, 0.3) is 6.08 Å². The summed E-state index contributed by atoms with van der Waals surface area (Å²) in [6.07, 6.45) is 1.78. The number of nitrogens with zero attached hydrogens (tertiary/aromatic N) is 2. The Morgan fingerprint density at radius 1 is 1.12 bits per heavy atom. The summed E-state index contributed by atoms with van der Waals surface area (Å²) >= 11 is 16.3.